The molecule has 0 saturated heterocycles. The average molecular weight is 365 g/mol. The van der Waals surface area contributed by atoms with Crippen molar-refractivity contribution in [2.75, 3.05) is 16.8 Å². The van der Waals surface area contributed by atoms with Crippen molar-refractivity contribution in [3.8, 4) is 0 Å². The molecule has 6 heteroatoms. The molecule has 0 radical (unpaired) electrons. The zero-order valence-electron chi connectivity index (χ0n) is 13.5. The van der Waals surface area contributed by atoms with Gasteiger partial charge in [0.15, 0.2) is 0 Å². The Kier molecular flexibility index (Phi) is 6.23. The zero-order chi connectivity index (χ0) is 17.7. The number of halogens is 2. The smallest absolute Gasteiger partial charge is 0.244 e. The molecule has 0 saturated carbocycles. The number of amides is 2. The lowest BCUT2D eigenvalue weighted by Gasteiger charge is -2.22. The maximum absolute atomic E-state index is 12.4. The number of hydrogen-bond donors (Lipinski definition) is 1. The minimum atomic E-state index is -0.304. The fourth-order valence-electron chi connectivity index (χ4n) is 2.34. The molecule has 2 amide bonds. The van der Waals surface area contributed by atoms with Gasteiger partial charge in [-0.3, -0.25) is 9.59 Å². The largest absolute Gasteiger partial charge is 0.324 e. The molecule has 0 unspecified atom stereocenters. The van der Waals surface area contributed by atoms with Crippen LogP contribution in [-0.2, 0) is 16.0 Å². The summed E-state index contributed by atoms with van der Waals surface area (Å²) in [6.07, 6.45) is 0.799. The van der Waals surface area contributed by atoms with Crippen LogP contribution in [0.15, 0.2) is 42.5 Å². The molecule has 2 aromatic carbocycles. The Labute approximate surface area is 151 Å². The molecule has 0 aliphatic rings. The molecule has 0 spiro atoms. The van der Waals surface area contributed by atoms with Gasteiger partial charge in [-0.05, 0) is 36.2 Å². The normalized spacial score (nSPS) is 10.3. The Morgan fingerprint density at radius 3 is 2.50 bits per heavy atom. The number of benzene rings is 2. The van der Waals surface area contributed by atoms with E-state index in [1.54, 1.807) is 18.2 Å². The lowest BCUT2D eigenvalue weighted by Crippen LogP contribution is -2.37. The van der Waals surface area contributed by atoms with Crippen molar-refractivity contribution in [2.24, 2.45) is 0 Å². The minimum absolute atomic E-state index is 0.145. The van der Waals surface area contributed by atoms with Crippen LogP contribution < -0.4 is 10.2 Å². The molecule has 126 valence electrons. The summed E-state index contributed by atoms with van der Waals surface area (Å²) >= 11 is 12.1. The van der Waals surface area contributed by atoms with Crippen LogP contribution in [0, 0.1) is 0 Å². The number of anilines is 2. The van der Waals surface area contributed by atoms with E-state index in [1.165, 1.54) is 11.8 Å². The molecular weight excluding hydrogens is 347 g/mol. The fourth-order valence-corrected chi connectivity index (χ4v) is 2.73. The summed E-state index contributed by atoms with van der Waals surface area (Å²) in [4.78, 5) is 25.7. The Hall–Kier alpha value is -2.04. The van der Waals surface area contributed by atoms with E-state index in [4.69, 9.17) is 23.2 Å². The van der Waals surface area contributed by atoms with Crippen molar-refractivity contribution in [2.45, 2.75) is 20.3 Å². The molecule has 0 heterocycles. The Morgan fingerprint density at radius 2 is 1.83 bits per heavy atom. The van der Waals surface area contributed by atoms with Crippen LogP contribution in [-0.4, -0.2) is 18.4 Å². The first-order valence-electron chi connectivity index (χ1n) is 7.53. The molecule has 4 nitrogen and oxygen atoms in total. The van der Waals surface area contributed by atoms with Gasteiger partial charge in [0, 0.05) is 17.6 Å². The highest BCUT2D eigenvalue weighted by Gasteiger charge is 2.19. The standard InChI is InChI=1S/C18H18Cl2N2O2/c1-3-13-6-4-5-7-16(13)21-18(24)11-22(12(2)23)17-10-14(19)8-9-15(17)20/h4-10H,3,11H2,1-2H3,(H,21,24). The Bertz CT molecular complexity index is 762. The van der Waals surface area contributed by atoms with Gasteiger partial charge in [0.25, 0.3) is 0 Å². The van der Waals surface area contributed by atoms with Crippen molar-refractivity contribution < 1.29 is 9.59 Å². The van der Waals surface area contributed by atoms with Crippen LogP contribution >= 0.6 is 23.2 Å². The number of carbonyl (C=O) groups excluding carboxylic acids is 2. The van der Waals surface area contributed by atoms with Crippen molar-refractivity contribution in [3.63, 3.8) is 0 Å². The highest BCUT2D eigenvalue weighted by Crippen LogP contribution is 2.29. The van der Waals surface area contributed by atoms with Gasteiger partial charge in [0.05, 0.1) is 10.7 Å². The SMILES string of the molecule is CCc1ccccc1NC(=O)CN(C(C)=O)c1cc(Cl)ccc1Cl. The molecule has 0 aliphatic carbocycles. The van der Waals surface area contributed by atoms with Gasteiger partial charge in [-0.1, -0.05) is 48.3 Å². The molecule has 0 bridgehead atoms. The summed E-state index contributed by atoms with van der Waals surface area (Å²) in [5.74, 6) is -0.597. The summed E-state index contributed by atoms with van der Waals surface area (Å²) in [5.41, 5.74) is 2.18. The lowest BCUT2D eigenvalue weighted by molar-refractivity contribution is -0.120. The van der Waals surface area contributed by atoms with Crippen molar-refractivity contribution >= 4 is 46.4 Å². The summed E-state index contributed by atoms with van der Waals surface area (Å²) in [6.45, 7) is 3.25. The van der Waals surface area contributed by atoms with E-state index in [9.17, 15) is 9.59 Å². The number of aryl methyl sites for hydroxylation is 1. The third-order valence-electron chi connectivity index (χ3n) is 3.55. The van der Waals surface area contributed by atoms with Crippen LogP contribution in [0.2, 0.25) is 10.0 Å². The Balaban J connectivity index is 2.20. The molecule has 0 aliphatic heterocycles. The van der Waals surface area contributed by atoms with E-state index in [-0.39, 0.29) is 18.4 Å². The topological polar surface area (TPSA) is 49.4 Å². The maximum atomic E-state index is 12.4. The summed E-state index contributed by atoms with van der Waals surface area (Å²) in [6, 6.07) is 12.3. The highest BCUT2D eigenvalue weighted by molar-refractivity contribution is 6.35. The van der Waals surface area contributed by atoms with Gasteiger partial charge >= 0.3 is 0 Å². The predicted octanol–water partition coefficient (Wildman–Crippen LogP) is 4.55. The van der Waals surface area contributed by atoms with Gasteiger partial charge in [-0.15, -0.1) is 0 Å². The second-order valence-corrected chi connectivity index (χ2v) is 6.10. The monoisotopic (exact) mass is 364 g/mol. The third-order valence-corrected chi connectivity index (χ3v) is 4.11. The number of nitrogens with one attached hydrogen (secondary N) is 1. The molecule has 0 atom stereocenters. The average Bonchev–Trinajstić information content (AvgIpc) is 2.55. The molecule has 0 fully saturated rings. The van der Waals surface area contributed by atoms with Gasteiger partial charge < -0.3 is 10.2 Å². The molecule has 2 aromatic rings. The summed E-state index contributed by atoms with van der Waals surface area (Å²) < 4.78 is 0. The first-order valence-corrected chi connectivity index (χ1v) is 8.29. The second kappa shape index (κ2) is 8.18. The van der Waals surface area contributed by atoms with Crippen molar-refractivity contribution in [1.82, 2.24) is 0 Å². The third kappa shape index (κ3) is 4.49. The highest BCUT2D eigenvalue weighted by atomic mass is 35.5. The van der Waals surface area contributed by atoms with Gasteiger partial charge in [-0.25, -0.2) is 0 Å². The van der Waals surface area contributed by atoms with Crippen LogP contribution in [0.1, 0.15) is 19.4 Å². The number of rotatable bonds is 5. The van der Waals surface area contributed by atoms with Crippen molar-refractivity contribution in [1.29, 1.82) is 0 Å². The lowest BCUT2D eigenvalue weighted by atomic mass is 10.1. The molecule has 1 N–H and O–H groups in total. The predicted molar refractivity (Wildman–Crippen MR) is 98.9 cm³/mol. The number of nitrogens with zero attached hydrogens (tertiary/aromatic N) is 1. The first kappa shape index (κ1) is 18.3. The van der Waals surface area contributed by atoms with Crippen molar-refractivity contribution in [3.05, 3.63) is 58.1 Å². The zero-order valence-corrected chi connectivity index (χ0v) is 15.0. The van der Waals surface area contributed by atoms with E-state index in [0.29, 0.717) is 15.7 Å². The minimum Gasteiger partial charge on any atom is -0.324 e. The van der Waals surface area contributed by atoms with Gasteiger partial charge in [0.2, 0.25) is 11.8 Å². The van der Waals surface area contributed by atoms with E-state index in [0.717, 1.165) is 17.7 Å². The van der Waals surface area contributed by atoms with Crippen LogP contribution in [0.5, 0.6) is 0 Å². The van der Waals surface area contributed by atoms with Gasteiger partial charge in [-0.2, -0.15) is 0 Å². The summed E-state index contributed by atoms with van der Waals surface area (Å²) in [5, 5.41) is 3.64. The Morgan fingerprint density at radius 1 is 1.12 bits per heavy atom. The number of carbonyl (C=O) groups is 2. The van der Waals surface area contributed by atoms with Crippen LogP contribution in [0.4, 0.5) is 11.4 Å². The maximum Gasteiger partial charge on any atom is 0.244 e. The van der Waals surface area contributed by atoms with E-state index in [2.05, 4.69) is 5.32 Å². The fraction of sp³-hybridized carbons (Fsp3) is 0.222. The number of hydrogen-bond acceptors (Lipinski definition) is 2. The van der Waals surface area contributed by atoms with Gasteiger partial charge in [0.1, 0.15) is 6.54 Å². The molecule has 0 aromatic heterocycles. The molecular formula is C18H18Cl2N2O2. The summed E-state index contributed by atoms with van der Waals surface area (Å²) in [7, 11) is 0. The molecule has 2 rings (SSSR count). The van der Waals surface area contributed by atoms with E-state index in [1.807, 2.05) is 31.2 Å². The quantitative estimate of drug-likeness (QED) is 0.845. The van der Waals surface area contributed by atoms with E-state index < -0.39 is 0 Å². The molecule has 24 heavy (non-hydrogen) atoms. The first-order chi connectivity index (χ1) is 11.4. The van der Waals surface area contributed by atoms with Crippen LogP contribution in [0.3, 0.4) is 0 Å². The van der Waals surface area contributed by atoms with E-state index >= 15 is 0 Å². The van der Waals surface area contributed by atoms with Crippen LogP contribution in [0.25, 0.3) is 0 Å². The second-order valence-electron chi connectivity index (χ2n) is 5.26. The number of para-hydroxylation sites is 1.